The number of nitrogens with zero attached hydrogens (tertiary/aromatic N) is 1. The van der Waals surface area contributed by atoms with Gasteiger partial charge in [-0.3, -0.25) is 4.79 Å². The van der Waals surface area contributed by atoms with Crippen molar-refractivity contribution in [3.05, 3.63) is 34.2 Å². The molecule has 1 aliphatic carbocycles. The molecule has 1 heterocycles. The maximum absolute atomic E-state index is 11.3. The summed E-state index contributed by atoms with van der Waals surface area (Å²) in [6.07, 6.45) is 7.49. The van der Waals surface area contributed by atoms with E-state index in [1.807, 2.05) is 12.3 Å². The highest BCUT2D eigenvalue weighted by molar-refractivity contribution is 5.09. The van der Waals surface area contributed by atoms with Gasteiger partial charge >= 0.3 is 0 Å². The molecular formula is C16H26N2O2. The Bertz CT molecular complexity index is 470. The van der Waals surface area contributed by atoms with Gasteiger partial charge < -0.3 is 14.6 Å². The Morgan fingerprint density at radius 2 is 2.15 bits per heavy atom. The lowest BCUT2D eigenvalue weighted by molar-refractivity contribution is -0.00322. The topological polar surface area (TPSA) is 43.3 Å². The molecule has 0 amide bonds. The summed E-state index contributed by atoms with van der Waals surface area (Å²) in [6, 6.07) is 3.48. The van der Waals surface area contributed by atoms with Crippen LogP contribution in [0.1, 0.15) is 38.2 Å². The van der Waals surface area contributed by atoms with Gasteiger partial charge in [0.2, 0.25) is 5.56 Å². The van der Waals surface area contributed by atoms with Crippen molar-refractivity contribution < 1.29 is 4.74 Å². The predicted molar refractivity (Wildman–Crippen MR) is 80.8 cm³/mol. The van der Waals surface area contributed by atoms with Crippen LogP contribution in [0.2, 0.25) is 0 Å². The maximum atomic E-state index is 11.3. The van der Waals surface area contributed by atoms with Gasteiger partial charge in [0.25, 0.3) is 0 Å². The molecule has 1 fully saturated rings. The number of pyridine rings is 1. The monoisotopic (exact) mass is 278 g/mol. The highest BCUT2D eigenvalue weighted by atomic mass is 16.5. The zero-order chi connectivity index (χ0) is 14.4. The first-order valence-corrected chi connectivity index (χ1v) is 7.64. The molecule has 112 valence electrons. The lowest BCUT2D eigenvalue weighted by Gasteiger charge is -2.28. The molecule has 2 atom stereocenters. The molecule has 1 aromatic heterocycles. The molecule has 2 rings (SSSR count). The maximum Gasteiger partial charge on any atom is 0.250 e. The van der Waals surface area contributed by atoms with Crippen LogP contribution in [-0.4, -0.2) is 23.8 Å². The lowest BCUT2D eigenvalue weighted by Crippen LogP contribution is -2.29. The smallest absolute Gasteiger partial charge is 0.250 e. The van der Waals surface area contributed by atoms with E-state index in [1.54, 1.807) is 17.7 Å². The molecule has 1 aromatic rings. The first-order valence-electron chi connectivity index (χ1n) is 7.64. The molecular weight excluding hydrogens is 252 g/mol. The molecule has 1 aliphatic rings. The van der Waals surface area contributed by atoms with E-state index in [2.05, 4.69) is 12.2 Å². The van der Waals surface area contributed by atoms with E-state index in [4.69, 9.17) is 4.74 Å². The molecule has 0 aliphatic heterocycles. The van der Waals surface area contributed by atoms with Crippen molar-refractivity contribution in [2.45, 2.75) is 45.3 Å². The molecule has 2 unspecified atom stereocenters. The zero-order valence-corrected chi connectivity index (χ0v) is 12.6. The number of ether oxygens (including phenoxy) is 1. The molecule has 4 heteroatoms. The SMILES string of the molecule is CC1CCCCC1OCCNCc1ccc(=O)n(C)c1. The van der Waals surface area contributed by atoms with Crippen molar-refractivity contribution in [3.63, 3.8) is 0 Å². The van der Waals surface area contributed by atoms with Crippen LogP contribution in [0.4, 0.5) is 0 Å². The third-order valence-electron chi connectivity index (χ3n) is 4.12. The van der Waals surface area contributed by atoms with Crippen molar-refractivity contribution in [3.8, 4) is 0 Å². The first kappa shape index (κ1) is 15.3. The minimum absolute atomic E-state index is 0.0309. The second-order valence-electron chi connectivity index (χ2n) is 5.83. The molecule has 0 saturated heterocycles. The second kappa shape index (κ2) is 7.60. The van der Waals surface area contributed by atoms with Crippen LogP contribution >= 0.6 is 0 Å². The van der Waals surface area contributed by atoms with Gasteiger partial charge in [-0.25, -0.2) is 0 Å². The van der Waals surface area contributed by atoms with Crippen LogP contribution in [0.15, 0.2) is 23.1 Å². The standard InChI is InChI=1S/C16H26N2O2/c1-13-5-3-4-6-15(13)20-10-9-17-11-14-7-8-16(19)18(2)12-14/h7-8,12-13,15,17H,3-6,9-11H2,1-2H3. The van der Waals surface area contributed by atoms with Crippen LogP contribution in [0.25, 0.3) is 0 Å². The Kier molecular flexibility index (Phi) is 5.80. The Labute approximate surface area is 121 Å². The van der Waals surface area contributed by atoms with E-state index in [1.165, 1.54) is 25.7 Å². The van der Waals surface area contributed by atoms with E-state index < -0.39 is 0 Å². The number of aryl methyl sites for hydroxylation is 1. The highest BCUT2D eigenvalue weighted by Gasteiger charge is 2.21. The minimum atomic E-state index is 0.0309. The molecule has 1 saturated carbocycles. The lowest BCUT2D eigenvalue weighted by atomic mass is 9.88. The quantitative estimate of drug-likeness (QED) is 0.810. The fraction of sp³-hybridized carbons (Fsp3) is 0.688. The van der Waals surface area contributed by atoms with Crippen LogP contribution in [0, 0.1) is 5.92 Å². The minimum Gasteiger partial charge on any atom is -0.377 e. The number of hydrogen-bond donors (Lipinski definition) is 1. The van der Waals surface area contributed by atoms with Crippen molar-refractivity contribution in [2.75, 3.05) is 13.2 Å². The number of rotatable bonds is 6. The average Bonchev–Trinajstić information content (AvgIpc) is 2.44. The van der Waals surface area contributed by atoms with Crippen LogP contribution < -0.4 is 10.9 Å². The summed E-state index contributed by atoms with van der Waals surface area (Å²) in [4.78, 5) is 11.3. The normalized spacial score (nSPS) is 22.9. The summed E-state index contributed by atoms with van der Waals surface area (Å²) < 4.78 is 7.57. The van der Waals surface area contributed by atoms with Gasteiger partial charge in [-0.05, 0) is 24.3 Å². The Morgan fingerprint density at radius 3 is 2.90 bits per heavy atom. The molecule has 0 bridgehead atoms. The van der Waals surface area contributed by atoms with Crippen LogP contribution in [0.3, 0.4) is 0 Å². The summed E-state index contributed by atoms with van der Waals surface area (Å²) in [7, 11) is 1.78. The molecule has 1 N–H and O–H groups in total. The van der Waals surface area contributed by atoms with Crippen molar-refractivity contribution in [2.24, 2.45) is 13.0 Å². The highest BCUT2D eigenvalue weighted by Crippen LogP contribution is 2.25. The third kappa shape index (κ3) is 4.46. The predicted octanol–water partition coefficient (Wildman–Crippen LogP) is 2.07. The molecule has 0 spiro atoms. The molecule has 0 radical (unpaired) electrons. The third-order valence-corrected chi connectivity index (χ3v) is 4.12. The van der Waals surface area contributed by atoms with E-state index in [0.29, 0.717) is 12.0 Å². The van der Waals surface area contributed by atoms with E-state index in [0.717, 1.165) is 25.3 Å². The molecule has 20 heavy (non-hydrogen) atoms. The van der Waals surface area contributed by atoms with Gasteiger partial charge in [-0.15, -0.1) is 0 Å². The Morgan fingerprint density at radius 1 is 1.35 bits per heavy atom. The molecule has 4 nitrogen and oxygen atoms in total. The average molecular weight is 278 g/mol. The van der Waals surface area contributed by atoms with Crippen LogP contribution in [-0.2, 0) is 18.3 Å². The summed E-state index contributed by atoms with van der Waals surface area (Å²) in [6.45, 7) is 4.69. The van der Waals surface area contributed by atoms with Gasteiger partial charge in [-0.2, -0.15) is 0 Å². The van der Waals surface area contributed by atoms with Gasteiger partial charge in [0, 0.05) is 32.4 Å². The zero-order valence-electron chi connectivity index (χ0n) is 12.6. The van der Waals surface area contributed by atoms with Crippen molar-refractivity contribution >= 4 is 0 Å². The fourth-order valence-corrected chi connectivity index (χ4v) is 2.80. The second-order valence-corrected chi connectivity index (χ2v) is 5.83. The Balaban J connectivity index is 1.63. The number of aromatic nitrogens is 1. The summed E-state index contributed by atoms with van der Waals surface area (Å²) in [5, 5.41) is 3.36. The van der Waals surface area contributed by atoms with E-state index in [-0.39, 0.29) is 5.56 Å². The van der Waals surface area contributed by atoms with Crippen LogP contribution in [0.5, 0.6) is 0 Å². The first-order chi connectivity index (χ1) is 9.66. The van der Waals surface area contributed by atoms with Gasteiger partial charge in [0.15, 0.2) is 0 Å². The largest absolute Gasteiger partial charge is 0.377 e. The van der Waals surface area contributed by atoms with Gasteiger partial charge in [0.05, 0.1) is 12.7 Å². The van der Waals surface area contributed by atoms with Gasteiger partial charge in [0.1, 0.15) is 0 Å². The van der Waals surface area contributed by atoms with Crippen molar-refractivity contribution in [1.82, 2.24) is 9.88 Å². The molecule has 0 aromatic carbocycles. The van der Waals surface area contributed by atoms with Gasteiger partial charge in [-0.1, -0.05) is 25.8 Å². The Hall–Kier alpha value is -1.13. The summed E-state index contributed by atoms with van der Waals surface area (Å²) in [5.74, 6) is 0.701. The number of hydrogen-bond acceptors (Lipinski definition) is 3. The fourth-order valence-electron chi connectivity index (χ4n) is 2.80. The summed E-state index contributed by atoms with van der Waals surface area (Å²) >= 11 is 0. The number of nitrogens with one attached hydrogen (secondary N) is 1. The van der Waals surface area contributed by atoms with E-state index >= 15 is 0 Å². The van der Waals surface area contributed by atoms with Crippen molar-refractivity contribution in [1.29, 1.82) is 0 Å². The van der Waals surface area contributed by atoms with E-state index in [9.17, 15) is 4.79 Å². The summed E-state index contributed by atoms with van der Waals surface area (Å²) in [5.41, 5.74) is 1.15.